The highest BCUT2D eigenvalue weighted by Crippen LogP contribution is 2.17. The van der Waals surface area contributed by atoms with Crippen LogP contribution < -0.4 is 0 Å². The highest BCUT2D eigenvalue weighted by molar-refractivity contribution is 4.61. The Morgan fingerprint density at radius 1 is 0.261 bits per heavy atom. The number of hydrogen-bond donors (Lipinski definition) is 0. The lowest BCUT2D eigenvalue weighted by Gasteiger charge is -2.22. The van der Waals surface area contributed by atoms with Gasteiger partial charge >= 0.3 is 0 Å². The standard InChI is InChI=1S/C45H93N/c1-6-7-8-9-10-11-12-13-14-15-16-21-26-31-36-41-46(42-37-32-27-22-17-19-24-29-34-39-44(2)3)43-38-33-28-23-18-20-25-30-35-40-45(4)5/h44-45H,6-43H2,1-5H3. The van der Waals surface area contributed by atoms with Crippen molar-refractivity contribution < 1.29 is 0 Å². The summed E-state index contributed by atoms with van der Waals surface area (Å²) in [7, 11) is 0. The van der Waals surface area contributed by atoms with Crippen molar-refractivity contribution in [3.05, 3.63) is 0 Å². The molecule has 0 bridgehead atoms. The lowest BCUT2D eigenvalue weighted by molar-refractivity contribution is 0.254. The van der Waals surface area contributed by atoms with Crippen LogP contribution in [0, 0.1) is 11.8 Å². The van der Waals surface area contributed by atoms with Crippen LogP contribution >= 0.6 is 0 Å². The van der Waals surface area contributed by atoms with Gasteiger partial charge in [-0.05, 0) is 50.7 Å². The molecule has 0 aromatic rings. The van der Waals surface area contributed by atoms with E-state index < -0.39 is 0 Å². The fourth-order valence-corrected chi connectivity index (χ4v) is 7.29. The van der Waals surface area contributed by atoms with E-state index in [2.05, 4.69) is 39.5 Å². The molecule has 0 aromatic heterocycles. The Bertz CT molecular complexity index is 495. The minimum atomic E-state index is 0.887. The van der Waals surface area contributed by atoms with E-state index in [4.69, 9.17) is 0 Å². The van der Waals surface area contributed by atoms with Crippen molar-refractivity contribution in [2.24, 2.45) is 11.8 Å². The average Bonchev–Trinajstić information content (AvgIpc) is 3.03. The van der Waals surface area contributed by atoms with Gasteiger partial charge in [-0.2, -0.15) is 0 Å². The van der Waals surface area contributed by atoms with Crippen LogP contribution in [0.25, 0.3) is 0 Å². The highest BCUT2D eigenvalue weighted by Gasteiger charge is 2.06. The summed E-state index contributed by atoms with van der Waals surface area (Å²) in [5.41, 5.74) is 0. The van der Waals surface area contributed by atoms with Gasteiger partial charge in [0.25, 0.3) is 0 Å². The lowest BCUT2D eigenvalue weighted by atomic mass is 10.0. The van der Waals surface area contributed by atoms with Crippen molar-refractivity contribution in [1.82, 2.24) is 4.90 Å². The molecule has 0 heterocycles. The maximum atomic E-state index is 2.87. The van der Waals surface area contributed by atoms with Crippen LogP contribution in [0.1, 0.15) is 259 Å². The molecular formula is C45H93N. The summed E-state index contributed by atoms with van der Waals surface area (Å²) >= 11 is 0. The Morgan fingerprint density at radius 2 is 0.457 bits per heavy atom. The number of rotatable bonds is 40. The van der Waals surface area contributed by atoms with Gasteiger partial charge in [-0.25, -0.2) is 0 Å². The SMILES string of the molecule is CCCCCCCCCCCCCCCCCN(CCCCCCCCCCCC(C)C)CCCCCCCCCCCC(C)C. The van der Waals surface area contributed by atoms with Crippen LogP contribution in [-0.4, -0.2) is 24.5 Å². The number of nitrogens with zero attached hydrogens (tertiary/aromatic N) is 1. The first-order chi connectivity index (χ1) is 22.6. The zero-order valence-electron chi connectivity index (χ0n) is 33.5. The predicted octanol–water partition coefficient (Wildman–Crippen LogP) is 16.3. The minimum absolute atomic E-state index is 0.887. The van der Waals surface area contributed by atoms with Gasteiger partial charge in [-0.3, -0.25) is 0 Å². The maximum absolute atomic E-state index is 2.87. The molecule has 0 aliphatic rings. The summed E-state index contributed by atoms with van der Waals surface area (Å²) in [6, 6.07) is 0. The highest BCUT2D eigenvalue weighted by atomic mass is 15.1. The van der Waals surface area contributed by atoms with Gasteiger partial charge in [0, 0.05) is 0 Å². The van der Waals surface area contributed by atoms with Gasteiger partial charge in [-0.15, -0.1) is 0 Å². The molecular weight excluding hydrogens is 555 g/mol. The summed E-state index contributed by atoms with van der Waals surface area (Å²) < 4.78 is 0. The van der Waals surface area contributed by atoms with Crippen LogP contribution in [-0.2, 0) is 0 Å². The fourth-order valence-electron chi connectivity index (χ4n) is 7.29. The topological polar surface area (TPSA) is 3.24 Å². The first kappa shape index (κ1) is 46.0. The van der Waals surface area contributed by atoms with Crippen molar-refractivity contribution in [1.29, 1.82) is 0 Å². The Kier molecular flexibility index (Phi) is 39.4. The van der Waals surface area contributed by atoms with Gasteiger partial charge in [0.2, 0.25) is 0 Å². The van der Waals surface area contributed by atoms with Gasteiger partial charge in [0.1, 0.15) is 0 Å². The first-order valence-corrected chi connectivity index (χ1v) is 22.3. The van der Waals surface area contributed by atoms with E-state index in [-0.39, 0.29) is 0 Å². The molecule has 0 radical (unpaired) electrons. The zero-order valence-corrected chi connectivity index (χ0v) is 33.5. The molecule has 0 aliphatic carbocycles. The molecule has 0 unspecified atom stereocenters. The summed E-state index contributed by atoms with van der Waals surface area (Å²) in [4.78, 5) is 2.87. The molecule has 278 valence electrons. The Hall–Kier alpha value is -0.0400. The van der Waals surface area contributed by atoms with Crippen LogP contribution in [0.5, 0.6) is 0 Å². The molecule has 0 saturated carbocycles. The van der Waals surface area contributed by atoms with Crippen molar-refractivity contribution in [2.75, 3.05) is 19.6 Å². The zero-order chi connectivity index (χ0) is 33.6. The molecule has 0 atom stereocenters. The van der Waals surface area contributed by atoms with Crippen LogP contribution in [0.15, 0.2) is 0 Å². The second-order valence-corrected chi connectivity index (χ2v) is 16.5. The predicted molar refractivity (Wildman–Crippen MR) is 213 cm³/mol. The molecule has 0 aliphatic heterocycles. The summed E-state index contributed by atoms with van der Waals surface area (Å²) in [5.74, 6) is 1.77. The van der Waals surface area contributed by atoms with Gasteiger partial charge < -0.3 is 4.90 Å². The molecule has 0 aromatic carbocycles. The van der Waals surface area contributed by atoms with Crippen molar-refractivity contribution in [2.45, 2.75) is 259 Å². The van der Waals surface area contributed by atoms with E-state index in [0.717, 1.165) is 11.8 Å². The van der Waals surface area contributed by atoms with E-state index in [9.17, 15) is 0 Å². The molecule has 1 nitrogen and oxygen atoms in total. The Balaban J connectivity index is 3.92. The fraction of sp³-hybridized carbons (Fsp3) is 1.00. The smallest absolute Gasteiger partial charge is 0.00187 e. The molecule has 0 spiro atoms. The first-order valence-electron chi connectivity index (χ1n) is 22.3. The van der Waals surface area contributed by atoms with Gasteiger partial charge in [0.05, 0.1) is 0 Å². The molecule has 0 amide bonds. The minimum Gasteiger partial charge on any atom is -0.303 e. The van der Waals surface area contributed by atoms with Crippen LogP contribution in [0.3, 0.4) is 0 Å². The molecule has 0 N–H and O–H groups in total. The van der Waals surface area contributed by atoms with E-state index in [1.54, 1.807) is 0 Å². The summed E-state index contributed by atoms with van der Waals surface area (Å²) in [6.45, 7) is 15.9. The van der Waals surface area contributed by atoms with Gasteiger partial charge in [0.15, 0.2) is 0 Å². The third-order valence-corrected chi connectivity index (χ3v) is 10.6. The Morgan fingerprint density at radius 3 is 0.674 bits per heavy atom. The van der Waals surface area contributed by atoms with Crippen molar-refractivity contribution in [3.63, 3.8) is 0 Å². The second-order valence-electron chi connectivity index (χ2n) is 16.5. The monoisotopic (exact) mass is 648 g/mol. The van der Waals surface area contributed by atoms with Crippen molar-refractivity contribution >= 4 is 0 Å². The van der Waals surface area contributed by atoms with E-state index in [0.29, 0.717) is 0 Å². The summed E-state index contributed by atoms with van der Waals surface area (Å²) in [6.07, 6.45) is 51.2. The number of unbranched alkanes of at least 4 members (excludes halogenated alkanes) is 30. The molecule has 1 heteroatoms. The average molecular weight is 648 g/mol. The number of hydrogen-bond acceptors (Lipinski definition) is 1. The summed E-state index contributed by atoms with van der Waals surface area (Å²) in [5, 5.41) is 0. The quantitative estimate of drug-likeness (QED) is 0.0598. The van der Waals surface area contributed by atoms with Gasteiger partial charge in [-0.1, -0.05) is 240 Å². The molecule has 0 fully saturated rings. The third-order valence-electron chi connectivity index (χ3n) is 10.6. The third kappa shape index (κ3) is 40.1. The largest absolute Gasteiger partial charge is 0.303 e. The van der Waals surface area contributed by atoms with Crippen molar-refractivity contribution in [3.8, 4) is 0 Å². The van der Waals surface area contributed by atoms with Crippen LogP contribution in [0.4, 0.5) is 0 Å². The Labute approximate surface area is 295 Å². The van der Waals surface area contributed by atoms with Crippen LogP contribution in [0.2, 0.25) is 0 Å². The second kappa shape index (κ2) is 39.4. The molecule has 0 rings (SSSR count). The van der Waals surface area contributed by atoms with E-state index >= 15 is 0 Å². The lowest BCUT2D eigenvalue weighted by Crippen LogP contribution is -2.27. The van der Waals surface area contributed by atoms with E-state index in [1.807, 2.05) is 0 Å². The molecule has 0 saturated heterocycles. The van der Waals surface area contributed by atoms with E-state index in [1.165, 1.54) is 244 Å². The normalized spacial score (nSPS) is 12.0. The molecule has 46 heavy (non-hydrogen) atoms. The maximum Gasteiger partial charge on any atom is -0.00187 e.